The molecule has 1 aliphatic heterocycles. The van der Waals surface area contributed by atoms with Crippen LogP contribution in [0, 0.1) is 11.8 Å². The normalized spacial score (nSPS) is 15.5. The summed E-state index contributed by atoms with van der Waals surface area (Å²) in [5.41, 5.74) is 0. The lowest BCUT2D eigenvalue weighted by molar-refractivity contribution is -0.148. The van der Waals surface area contributed by atoms with Crippen LogP contribution in [-0.2, 0) is 16.1 Å². The molecule has 1 aliphatic rings. The summed E-state index contributed by atoms with van der Waals surface area (Å²) in [5.74, 6) is 5.18. The first-order chi connectivity index (χ1) is 8.70. The molecule has 0 atom stereocenters. The first kappa shape index (κ1) is 12.8. The number of thiophene rings is 1. The Morgan fingerprint density at radius 3 is 2.67 bits per heavy atom. The van der Waals surface area contributed by atoms with Crippen LogP contribution in [0.15, 0.2) is 12.1 Å². The van der Waals surface area contributed by atoms with Gasteiger partial charge in [-0.2, -0.15) is 0 Å². The van der Waals surface area contributed by atoms with Crippen LogP contribution in [0.3, 0.4) is 0 Å². The lowest BCUT2D eigenvalue weighted by atomic mass is 10.1. The van der Waals surface area contributed by atoms with Crippen molar-refractivity contribution in [1.82, 2.24) is 4.90 Å². The van der Waals surface area contributed by atoms with Crippen molar-refractivity contribution in [2.75, 3.05) is 6.61 Å². The molecule has 94 valence electrons. The molecule has 1 aromatic heterocycles. The number of likely N-dealkylation sites (tertiary alicyclic amines) is 1. The second-order valence-electron chi connectivity index (χ2n) is 3.95. The van der Waals surface area contributed by atoms with Gasteiger partial charge in [-0.3, -0.25) is 14.5 Å². The van der Waals surface area contributed by atoms with E-state index in [0.29, 0.717) is 25.8 Å². The van der Waals surface area contributed by atoms with Crippen molar-refractivity contribution in [3.05, 3.63) is 21.9 Å². The van der Waals surface area contributed by atoms with Crippen LogP contribution in [0.25, 0.3) is 0 Å². The lowest BCUT2D eigenvalue weighted by Crippen LogP contribution is -2.39. The molecular weight excluding hydrogens is 250 g/mol. The van der Waals surface area contributed by atoms with Gasteiger partial charge in [-0.05, 0) is 18.6 Å². The van der Waals surface area contributed by atoms with Crippen LogP contribution in [0.5, 0.6) is 0 Å². The summed E-state index contributed by atoms with van der Waals surface area (Å²) in [6.07, 6.45) is 1.56. The number of piperidine rings is 1. The highest BCUT2D eigenvalue weighted by Crippen LogP contribution is 2.21. The van der Waals surface area contributed by atoms with Gasteiger partial charge in [0.2, 0.25) is 11.8 Å². The Bertz CT molecular complexity index is 508. The highest BCUT2D eigenvalue weighted by atomic mass is 32.1. The third-order valence-corrected chi connectivity index (χ3v) is 3.64. The van der Waals surface area contributed by atoms with Gasteiger partial charge in [0.05, 0.1) is 11.4 Å². The summed E-state index contributed by atoms with van der Waals surface area (Å²) >= 11 is 1.44. The Labute approximate surface area is 109 Å². The highest BCUT2D eigenvalue weighted by Gasteiger charge is 2.26. The van der Waals surface area contributed by atoms with E-state index < -0.39 is 0 Å². The average Bonchev–Trinajstić information content (AvgIpc) is 2.79. The van der Waals surface area contributed by atoms with Gasteiger partial charge in [-0.15, -0.1) is 11.3 Å². The summed E-state index contributed by atoms with van der Waals surface area (Å²) in [7, 11) is 0. The van der Waals surface area contributed by atoms with Gasteiger partial charge in [-0.25, -0.2) is 0 Å². The van der Waals surface area contributed by atoms with E-state index in [9.17, 15) is 9.59 Å². The molecular formula is C13H13NO3S. The van der Waals surface area contributed by atoms with Crippen LogP contribution in [0.4, 0.5) is 0 Å². The number of rotatable bonds is 2. The number of imide groups is 1. The first-order valence-electron chi connectivity index (χ1n) is 5.72. The van der Waals surface area contributed by atoms with Crippen molar-refractivity contribution in [2.45, 2.75) is 25.8 Å². The van der Waals surface area contributed by atoms with Gasteiger partial charge >= 0.3 is 0 Å². The molecule has 18 heavy (non-hydrogen) atoms. The fourth-order valence-corrected chi connectivity index (χ4v) is 2.66. The molecule has 2 heterocycles. The second-order valence-corrected chi connectivity index (χ2v) is 5.12. The van der Waals surface area contributed by atoms with Gasteiger partial charge in [0.1, 0.15) is 6.61 Å². The van der Waals surface area contributed by atoms with Crippen LogP contribution in [-0.4, -0.2) is 28.4 Å². The third-order valence-electron chi connectivity index (χ3n) is 2.65. The van der Waals surface area contributed by atoms with Crippen LogP contribution >= 0.6 is 11.3 Å². The molecule has 0 saturated carbocycles. The molecule has 0 unspecified atom stereocenters. The molecule has 1 saturated heterocycles. The van der Waals surface area contributed by atoms with E-state index in [-0.39, 0.29) is 18.4 Å². The molecule has 2 amide bonds. The quantitative estimate of drug-likeness (QED) is 0.643. The van der Waals surface area contributed by atoms with Crippen molar-refractivity contribution in [3.63, 3.8) is 0 Å². The minimum absolute atomic E-state index is 0.0948. The molecule has 1 fully saturated rings. The van der Waals surface area contributed by atoms with Crippen LogP contribution in [0.1, 0.15) is 29.0 Å². The summed E-state index contributed by atoms with van der Waals surface area (Å²) in [6.45, 7) is 0.166. The van der Waals surface area contributed by atoms with Crippen molar-refractivity contribution in [1.29, 1.82) is 0 Å². The largest absolute Gasteiger partial charge is 0.384 e. The summed E-state index contributed by atoms with van der Waals surface area (Å²) in [4.78, 5) is 26.4. The minimum atomic E-state index is -0.170. The SMILES string of the molecule is O=C1CCCC(=O)N1Cc1ccc(C#CCO)s1. The maximum atomic E-state index is 11.6. The smallest absolute Gasteiger partial charge is 0.229 e. The predicted octanol–water partition coefficient (Wildman–Crippen LogP) is 1.13. The van der Waals surface area contributed by atoms with Crippen molar-refractivity contribution in [3.8, 4) is 11.8 Å². The summed E-state index contributed by atoms with van der Waals surface area (Å²) in [6, 6.07) is 3.70. The van der Waals surface area contributed by atoms with E-state index in [4.69, 9.17) is 5.11 Å². The van der Waals surface area contributed by atoms with Gasteiger partial charge in [-0.1, -0.05) is 11.8 Å². The van der Waals surface area contributed by atoms with Crippen molar-refractivity contribution in [2.24, 2.45) is 0 Å². The Balaban J connectivity index is 2.06. The van der Waals surface area contributed by atoms with E-state index in [1.165, 1.54) is 16.2 Å². The third kappa shape index (κ3) is 2.97. The van der Waals surface area contributed by atoms with E-state index in [1.807, 2.05) is 12.1 Å². The Morgan fingerprint density at radius 2 is 2.00 bits per heavy atom. The Morgan fingerprint density at radius 1 is 1.28 bits per heavy atom. The van der Waals surface area contributed by atoms with E-state index in [2.05, 4.69) is 11.8 Å². The number of nitrogens with zero attached hydrogens (tertiary/aromatic N) is 1. The highest BCUT2D eigenvalue weighted by molar-refractivity contribution is 7.12. The maximum absolute atomic E-state index is 11.6. The molecule has 4 nitrogen and oxygen atoms in total. The fourth-order valence-electron chi connectivity index (χ4n) is 1.79. The average molecular weight is 263 g/mol. The van der Waals surface area contributed by atoms with E-state index in [0.717, 1.165) is 9.75 Å². The maximum Gasteiger partial charge on any atom is 0.229 e. The van der Waals surface area contributed by atoms with E-state index in [1.54, 1.807) is 0 Å². The second kappa shape index (κ2) is 5.80. The van der Waals surface area contributed by atoms with Gasteiger partial charge in [0.25, 0.3) is 0 Å². The molecule has 1 N–H and O–H groups in total. The number of carbonyl (C=O) groups excluding carboxylic acids is 2. The minimum Gasteiger partial charge on any atom is -0.384 e. The molecule has 0 radical (unpaired) electrons. The summed E-state index contributed by atoms with van der Waals surface area (Å²) in [5, 5.41) is 8.60. The zero-order valence-electron chi connectivity index (χ0n) is 9.81. The number of amides is 2. The number of aliphatic hydroxyl groups is 1. The number of carbonyl (C=O) groups is 2. The van der Waals surface area contributed by atoms with E-state index >= 15 is 0 Å². The molecule has 0 bridgehead atoms. The standard InChI is InChI=1S/C13H13NO3S/c15-8-2-3-10-6-7-11(18-10)9-14-12(16)4-1-5-13(14)17/h6-7,15H,1,4-5,8-9H2. The van der Waals surface area contributed by atoms with Crippen LogP contribution < -0.4 is 0 Å². The topological polar surface area (TPSA) is 57.6 Å². The molecule has 0 spiro atoms. The monoisotopic (exact) mass is 263 g/mol. The predicted molar refractivity (Wildman–Crippen MR) is 67.7 cm³/mol. The van der Waals surface area contributed by atoms with Gasteiger partial charge < -0.3 is 5.11 Å². The van der Waals surface area contributed by atoms with Gasteiger partial charge in [0.15, 0.2) is 0 Å². The zero-order chi connectivity index (χ0) is 13.0. The van der Waals surface area contributed by atoms with Crippen LogP contribution in [0.2, 0.25) is 0 Å². The summed E-state index contributed by atoms with van der Waals surface area (Å²) < 4.78 is 0. The molecule has 0 aliphatic carbocycles. The van der Waals surface area contributed by atoms with Gasteiger partial charge in [0, 0.05) is 17.7 Å². The lowest BCUT2D eigenvalue weighted by Gasteiger charge is -2.24. The van der Waals surface area contributed by atoms with Crippen molar-refractivity contribution >= 4 is 23.2 Å². The molecule has 5 heteroatoms. The Hall–Kier alpha value is -1.64. The fraction of sp³-hybridized carbons (Fsp3) is 0.385. The molecule has 1 aromatic rings. The first-order valence-corrected chi connectivity index (χ1v) is 6.54. The molecule has 0 aromatic carbocycles. The zero-order valence-corrected chi connectivity index (χ0v) is 10.6. The number of aliphatic hydroxyl groups excluding tert-OH is 1. The molecule has 2 rings (SSSR count). The van der Waals surface area contributed by atoms with Crippen molar-refractivity contribution < 1.29 is 14.7 Å². The number of hydrogen-bond donors (Lipinski definition) is 1. The Kier molecular flexibility index (Phi) is 4.13. The number of hydrogen-bond acceptors (Lipinski definition) is 4.